The van der Waals surface area contributed by atoms with Crippen LogP contribution in [0, 0.1) is 11.7 Å². The Morgan fingerprint density at radius 2 is 1.81 bits per heavy atom. The molecule has 2 fully saturated rings. The van der Waals surface area contributed by atoms with Gasteiger partial charge in [-0.05, 0) is 61.3 Å². The summed E-state index contributed by atoms with van der Waals surface area (Å²) in [6.45, 7) is 5.72. The Labute approximate surface area is 226 Å². The maximum absolute atomic E-state index is 13.8. The van der Waals surface area contributed by atoms with Gasteiger partial charge in [0.1, 0.15) is 11.9 Å². The van der Waals surface area contributed by atoms with Gasteiger partial charge >= 0.3 is 0 Å². The topological polar surface area (TPSA) is 78.7 Å². The molecule has 4 atom stereocenters. The molecular weight excluding hydrogens is 491 g/mol. The van der Waals surface area contributed by atoms with E-state index < -0.39 is 6.04 Å². The molecule has 2 aromatic rings. The van der Waals surface area contributed by atoms with Crippen molar-refractivity contribution in [2.24, 2.45) is 11.7 Å². The molecule has 0 spiro atoms. The molecule has 2 heterocycles. The van der Waals surface area contributed by atoms with Crippen LogP contribution in [0.4, 0.5) is 4.39 Å². The monoisotopic (exact) mass is 530 g/mol. The van der Waals surface area contributed by atoms with Crippen LogP contribution in [0.2, 0.25) is 0 Å². The van der Waals surface area contributed by atoms with Crippen LogP contribution >= 0.6 is 12.4 Å². The van der Waals surface area contributed by atoms with Crippen molar-refractivity contribution in [1.82, 2.24) is 15.1 Å². The van der Waals surface area contributed by atoms with Crippen molar-refractivity contribution < 1.29 is 14.0 Å². The minimum absolute atomic E-state index is 0. The third-order valence-electron chi connectivity index (χ3n) is 7.47. The van der Waals surface area contributed by atoms with Gasteiger partial charge < -0.3 is 16.0 Å². The number of benzene rings is 2. The fraction of sp³-hybridized carbons (Fsp3) is 0.517. The smallest absolute Gasteiger partial charge is 0.243 e. The van der Waals surface area contributed by atoms with Gasteiger partial charge in [0, 0.05) is 31.7 Å². The number of nitrogens with zero attached hydrogens (tertiary/aromatic N) is 2. The lowest BCUT2D eigenvalue weighted by Crippen LogP contribution is -2.53. The highest BCUT2D eigenvalue weighted by atomic mass is 35.5. The predicted octanol–water partition coefficient (Wildman–Crippen LogP) is 3.91. The second-order valence-electron chi connectivity index (χ2n) is 10.7. The number of halogens is 2. The number of nitrogens with two attached hydrogens (primary N) is 1. The van der Waals surface area contributed by atoms with Crippen molar-refractivity contribution in [2.45, 2.75) is 76.7 Å². The number of hydrogen-bond donors (Lipinski definition) is 2. The molecule has 0 aromatic heterocycles. The first-order valence-electron chi connectivity index (χ1n) is 13.2. The molecule has 0 bridgehead atoms. The van der Waals surface area contributed by atoms with Crippen LogP contribution in [0.1, 0.15) is 50.7 Å². The van der Waals surface area contributed by atoms with Gasteiger partial charge in [-0.15, -0.1) is 12.4 Å². The van der Waals surface area contributed by atoms with E-state index in [1.807, 2.05) is 11.0 Å². The Balaban J connectivity index is 0.00000380. The van der Waals surface area contributed by atoms with Crippen LogP contribution in [0.5, 0.6) is 0 Å². The standard InChI is InChI=1S/C29H39FN4O2.ClH/c1-20(2)16-26(28(35)32-18-22-8-11-23(30)12-9-22)33-15-14-25(13-10-21-6-4-3-5-7-21)34-19-24(31)17-27(34)29(33)36;/h3-9,11-12,20,24-27H,10,13-19,31H2,1-2H3,(H,32,35);1H/t24-,25?,26-,27+;/m1./s1. The number of aryl methyl sites for hydroxylation is 1. The third kappa shape index (κ3) is 7.53. The fourth-order valence-corrected chi connectivity index (χ4v) is 5.63. The van der Waals surface area contributed by atoms with Crippen LogP contribution in [-0.2, 0) is 22.6 Å². The van der Waals surface area contributed by atoms with Crippen LogP contribution in [0.3, 0.4) is 0 Å². The second-order valence-corrected chi connectivity index (χ2v) is 10.7. The highest BCUT2D eigenvalue weighted by Crippen LogP contribution is 2.30. The van der Waals surface area contributed by atoms with Crippen molar-refractivity contribution in [1.29, 1.82) is 0 Å². The molecule has 2 aliphatic rings. The molecule has 2 aromatic carbocycles. The molecular formula is C29H40ClFN4O2. The first-order valence-corrected chi connectivity index (χ1v) is 13.2. The van der Waals surface area contributed by atoms with Gasteiger partial charge in [-0.2, -0.15) is 0 Å². The van der Waals surface area contributed by atoms with E-state index in [4.69, 9.17) is 5.73 Å². The average Bonchev–Trinajstić information content (AvgIpc) is 3.21. The maximum Gasteiger partial charge on any atom is 0.243 e. The van der Waals surface area contributed by atoms with E-state index >= 15 is 0 Å². The molecule has 3 N–H and O–H groups in total. The van der Waals surface area contributed by atoms with Crippen LogP contribution < -0.4 is 11.1 Å². The molecule has 4 rings (SSSR count). The number of nitrogens with one attached hydrogen (secondary N) is 1. The van der Waals surface area contributed by atoms with Crippen LogP contribution in [-0.4, -0.2) is 58.9 Å². The third-order valence-corrected chi connectivity index (χ3v) is 7.47. The van der Waals surface area contributed by atoms with E-state index in [0.717, 1.165) is 31.4 Å². The zero-order valence-electron chi connectivity index (χ0n) is 21.8. The Morgan fingerprint density at radius 3 is 2.49 bits per heavy atom. The quantitative estimate of drug-likeness (QED) is 0.515. The molecule has 8 heteroatoms. The van der Waals surface area contributed by atoms with Crippen molar-refractivity contribution in [3.05, 3.63) is 71.5 Å². The zero-order chi connectivity index (χ0) is 25.7. The van der Waals surface area contributed by atoms with Gasteiger partial charge in [-0.25, -0.2) is 4.39 Å². The summed E-state index contributed by atoms with van der Waals surface area (Å²) in [6.07, 6.45) is 3.95. The molecule has 1 unspecified atom stereocenters. The summed E-state index contributed by atoms with van der Waals surface area (Å²) < 4.78 is 13.3. The lowest BCUT2D eigenvalue weighted by Gasteiger charge is -2.33. The summed E-state index contributed by atoms with van der Waals surface area (Å²) in [5.74, 6) is -0.191. The molecule has 0 radical (unpaired) electrons. The van der Waals surface area contributed by atoms with Crippen LogP contribution in [0.25, 0.3) is 0 Å². The number of fused-ring (bicyclic) bond motifs is 1. The molecule has 0 saturated carbocycles. The number of amides is 2. The first-order chi connectivity index (χ1) is 17.3. The fourth-order valence-electron chi connectivity index (χ4n) is 5.63. The number of rotatable bonds is 9. The molecule has 2 saturated heterocycles. The van der Waals surface area contributed by atoms with Gasteiger partial charge in [0.25, 0.3) is 0 Å². The van der Waals surface area contributed by atoms with Gasteiger partial charge in [-0.1, -0.05) is 56.3 Å². The Bertz CT molecular complexity index is 1020. The van der Waals surface area contributed by atoms with E-state index in [1.54, 1.807) is 12.1 Å². The summed E-state index contributed by atoms with van der Waals surface area (Å²) in [5, 5.41) is 2.99. The Kier molecular flexibility index (Phi) is 10.5. The van der Waals surface area contributed by atoms with Gasteiger partial charge in [0.05, 0.1) is 6.04 Å². The highest BCUT2D eigenvalue weighted by Gasteiger charge is 2.45. The van der Waals surface area contributed by atoms with Gasteiger partial charge in [0.15, 0.2) is 0 Å². The van der Waals surface area contributed by atoms with Crippen molar-refractivity contribution in [3.8, 4) is 0 Å². The normalized spacial score (nSPS) is 22.8. The summed E-state index contributed by atoms with van der Waals surface area (Å²) in [6, 6.07) is 15.9. The van der Waals surface area contributed by atoms with Crippen molar-refractivity contribution >= 4 is 24.2 Å². The molecule has 0 aliphatic carbocycles. The molecule has 2 aliphatic heterocycles. The summed E-state index contributed by atoms with van der Waals surface area (Å²) in [4.78, 5) is 31.4. The first kappa shape index (κ1) is 29.1. The van der Waals surface area contributed by atoms with Gasteiger partial charge in [0.2, 0.25) is 11.8 Å². The Morgan fingerprint density at radius 1 is 1.11 bits per heavy atom. The van der Waals surface area contributed by atoms with Crippen molar-refractivity contribution in [2.75, 3.05) is 13.1 Å². The Hall–Kier alpha value is -2.48. The molecule has 6 nitrogen and oxygen atoms in total. The van der Waals surface area contributed by atoms with E-state index in [0.29, 0.717) is 25.9 Å². The largest absolute Gasteiger partial charge is 0.350 e. The zero-order valence-corrected chi connectivity index (χ0v) is 22.6. The SMILES string of the molecule is CC(C)C[C@H](C(=O)NCc1ccc(F)cc1)N1CCC(CCc2ccccc2)N2C[C@H](N)C[C@H]2C1=O.Cl. The predicted molar refractivity (Wildman–Crippen MR) is 147 cm³/mol. The van der Waals surface area contributed by atoms with Gasteiger partial charge in [-0.3, -0.25) is 14.5 Å². The van der Waals surface area contributed by atoms with E-state index in [9.17, 15) is 14.0 Å². The molecule has 202 valence electrons. The van der Waals surface area contributed by atoms with E-state index in [2.05, 4.69) is 48.3 Å². The maximum atomic E-state index is 13.8. The van der Waals surface area contributed by atoms with E-state index in [1.165, 1.54) is 17.7 Å². The summed E-state index contributed by atoms with van der Waals surface area (Å²) in [5.41, 5.74) is 8.46. The molecule has 37 heavy (non-hydrogen) atoms. The highest BCUT2D eigenvalue weighted by molar-refractivity contribution is 5.90. The minimum atomic E-state index is -0.538. The number of hydrogen-bond acceptors (Lipinski definition) is 4. The second kappa shape index (κ2) is 13.4. The summed E-state index contributed by atoms with van der Waals surface area (Å²) >= 11 is 0. The van der Waals surface area contributed by atoms with E-state index in [-0.39, 0.29) is 54.1 Å². The number of carbonyl (C=O) groups is 2. The molecule has 2 amide bonds. The van der Waals surface area contributed by atoms with Crippen molar-refractivity contribution in [3.63, 3.8) is 0 Å². The summed E-state index contributed by atoms with van der Waals surface area (Å²) in [7, 11) is 0. The lowest BCUT2D eigenvalue weighted by molar-refractivity contribution is -0.143. The minimum Gasteiger partial charge on any atom is -0.350 e. The number of carbonyl (C=O) groups excluding carboxylic acids is 2. The average molecular weight is 531 g/mol. The lowest BCUT2D eigenvalue weighted by atomic mass is 9.99. The van der Waals surface area contributed by atoms with Crippen LogP contribution in [0.15, 0.2) is 54.6 Å².